The summed E-state index contributed by atoms with van der Waals surface area (Å²) < 4.78 is 0. The van der Waals surface area contributed by atoms with Crippen molar-refractivity contribution in [2.45, 2.75) is 13.5 Å². The molecule has 0 aliphatic heterocycles. The topological polar surface area (TPSA) is 29.3 Å². The van der Waals surface area contributed by atoms with E-state index in [-0.39, 0.29) is 0 Å². The van der Waals surface area contributed by atoms with Crippen LogP contribution in [-0.4, -0.2) is 7.05 Å². The van der Waals surface area contributed by atoms with Gasteiger partial charge in [0.05, 0.1) is 0 Å². The number of anilines is 2. The van der Waals surface area contributed by atoms with Crippen LogP contribution in [0.15, 0.2) is 42.5 Å². The van der Waals surface area contributed by atoms with E-state index in [1.54, 1.807) is 6.07 Å². The number of nitrogens with zero attached hydrogens (tertiary/aromatic N) is 1. The van der Waals surface area contributed by atoms with Crippen molar-refractivity contribution in [1.29, 1.82) is 0 Å². The summed E-state index contributed by atoms with van der Waals surface area (Å²) >= 11 is 6.19. The number of benzene rings is 2. The van der Waals surface area contributed by atoms with Crippen molar-refractivity contribution < 1.29 is 0 Å². The van der Waals surface area contributed by atoms with Gasteiger partial charge < -0.3 is 10.6 Å². The lowest BCUT2D eigenvalue weighted by Crippen LogP contribution is -2.16. The van der Waals surface area contributed by atoms with Crippen molar-refractivity contribution in [1.82, 2.24) is 0 Å². The van der Waals surface area contributed by atoms with Gasteiger partial charge in [-0.1, -0.05) is 29.8 Å². The molecule has 2 rings (SSSR count). The molecule has 0 aliphatic carbocycles. The molecule has 0 aromatic heterocycles. The lowest BCUT2D eigenvalue weighted by atomic mass is 10.1. The fraction of sp³-hybridized carbons (Fsp3) is 0.200. The second-order valence-corrected chi connectivity index (χ2v) is 4.95. The Balaban J connectivity index is 2.18. The second kappa shape index (κ2) is 5.32. The van der Waals surface area contributed by atoms with E-state index in [0.717, 1.165) is 17.1 Å². The van der Waals surface area contributed by atoms with Gasteiger partial charge in [-0.25, -0.2) is 0 Å². The summed E-state index contributed by atoms with van der Waals surface area (Å²) in [6.07, 6.45) is 0. The maximum absolute atomic E-state index is 6.19. The van der Waals surface area contributed by atoms with Crippen LogP contribution in [0.25, 0.3) is 0 Å². The van der Waals surface area contributed by atoms with Crippen molar-refractivity contribution in [3.05, 3.63) is 58.6 Å². The first-order valence-electron chi connectivity index (χ1n) is 5.88. The third-order valence-electron chi connectivity index (χ3n) is 2.93. The Hall–Kier alpha value is -1.67. The molecule has 0 bridgehead atoms. The number of nitrogens with two attached hydrogens (primary N) is 1. The molecule has 0 aliphatic rings. The van der Waals surface area contributed by atoms with Gasteiger partial charge in [0, 0.05) is 30.0 Å². The van der Waals surface area contributed by atoms with Gasteiger partial charge in [-0.05, 0) is 42.3 Å². The first-order chi connectivity index (χ1) is 8.56. The van der Waals surface area contributed by atoms with Crippen LogP contribution in [0.3, 0.4) is 0 Å². The Kier molecular flexibility index (Phi) is 3.78. The third kappa shape index (κ3) is 2.96. The standard InChI is InChI=1S/C15H17ClN2/c1-11-4-3-5-14(8-11)18(2)10-12-6-7-13(17)9-15(12)16/h3-9H,10,17H2,1-2H3. The highest BCUT2D eigenvalue weighted by Crippen LogP contribution is 2.23. The van der Waals surface area contributed by atoms with Gasteiger partial charge in [-0.3, -0.25) is 0 Å². The Labute approximate surface area is 113 Å². The second-order valence-electron chi connectivity index (χ2n) is 4.55. The average Bonchev–Trinajstić information content (AvgIpc) is 2.32. The molecule has 0 spiro atoms. The average molecular weight is 261 g/mol. The zero-order valence-electron chi connectivity index (χ0n) is 10.7. The SMILES string of the molecule is Cc1cccc(N(C)Cc2ccc(N)cc2Cl)c1. The molecular formula is C15H17ClN2. The molecule has 0 atom stereocenters. The minimum absolute atomic E-state index is 0.696. The molecule has 0 saturated heterocycles. The predicted octanol–water partition coefficient (Wildman–Crippen LogP) is 3.87. The minimum atomic E-state index is 0.696. The maximum Gasteiger partial charge on any atom is 0.0476 e. The van der Waals surface area contributed by atoms with E-state index in [9.17, 15) is 0 Å². The van der Waals surface area contributed by atoms with Crippen LogP contribution in [0, 0.1) is 6.92 Å². The minimum Gasteiger partial charge on any atom is -0.399 e. The van der Waals surface area contributed by atoms with Gasteiger partial charge >= 0.3 is 0 Å². The quantitative estimate of drug-likeness (QED) is 0.849. The van der Waals surface area contributed by atoms with Gasteiger partial charge in [-0.15, -0.1) is 0 Å². The van der Waals surface area contributed by atoms with Gasteiger partial charge in [0.1, 0.15) is 0 Å². The fourth-order valence-electron chi connectivity index (χ4n) is 1.90. The Morgan fingerprint density at radius 2 is 1.94 bits per heavy atom. The highest BCUT2D eigenvalue weighted by molar-refractivity contribution is 6.31. The lowest BCUT2D eigenvalue weighted by molar-refractivity contribution is 0.922. The molecule has 0 heterocycles. The fourth-order valence-corrected chi connectivity index (χ4v) is 2.15. The van der Waals surface area contributed by atoms with Crippen molar-refractivity contribution in [3.63, 3.8) is 0 Å². The van der Waals surface area contributed by atoms with E-state index >= 15 is 0 Å². The van der Waals surface area contributed by atoms with Crippen LogP contribution in [-0.2, 0) is 6.54 Å². The molecule has 0 amide bonds. The van der Waals surface area contributed by atoms with Crippen LogP contribution in [0.1, 0.15) is 11.1 Å². The molecule has 94 valence electrons. The Morgan fingerprint density at radius 1 is 1.17 bits per heavy atom. The number of rotatable bonds is 3. The van der Waals surface area contributed by atoms with E-state index in [1.807, 2.05) is 12.1 Å². The normalized spacial score (nSPS) is 10.4. The molecular weight excluding hydrogens is 244 g/mol. The summed E-state index contributed by atoms with van der Waals surface area (Å²) in [6.45, 7) is 2.86. The van der Waals surface area contributed by atoms with Crippen LogP contribution in [0.4, 0.5) is 11.4 Å². The maximum atomic E-state index is 6.19. The summed E-state index contributed by atoms with van der Waals surface area (Å²) in [4.78, 5) is 2.17. The zero-order valence-corrected chi connectivity index (χ0v) is 11.4. The molecule has 18 heavy (non-hydrogen) atoms. The monoisotopic (exact) mass is 260 g/mol. The van der Waals surface area contributed by atoms with Crippen LogP contribution >= 0.6 is 11.6 Å². The third-order valence-corrected chi connectivity index (χ3v) is 3.28. The Morgan fingerprint density at radius 3 is 2.61 bits per heavy atom. The molecule has 2 aromatic rings. The van der Waals surface area contributed by atoms with E-state index in [4.69, 9.17) is 17.3 Å². The van der Waals surface area contributed by atoms with Crippen molar-refractivity contribution in [2.24, 2.45) is 0 Å². The molecule has 2 nitrogen and oxygen atoms in total. The van der Waals surface area contributed by atoms with Crippen molar-refractivity contribution in [2.75, 3.05) is 17.7 Å². The summed E-state index contributed by atoms with van der Waals surface area (Å²) in [7, 11) is 2.06. The van der Waals surface area contributed by atoms with E-state index < -0.39 is 0 Å². The van der Waals surface area contributed by atoms with Crippen LogP contribution in [0.2, 0.25) is 5.02 Å². The molecule has 0 radical (unpaired) electrons. The van der Waals surface area contributed by atoms with Gasteiger partial charge in [0.25, 0.3) is 0 Å². The van der Waals surface area contributed by atoms with E-state index in [1.165, 1.54) is 11.3 Å². The summed E-state index contributed by atoms with van der Waals surface area (Å²) in [5.74, 6) is 0. The predicted molar refractivity (Wildman–Crippen MR) is 79.2 cm³/mol. The van der Waals surface area contributed by atoms with E-state index in [0.29, 0.717) is 5.69 Å². The first kappa shape index (κ1) is 12.8. The molecule has 3 heteroatoms. The molecule has 0 saturated carbocycles. The number of hydrogen-bond donors (Lipinski definition) is 1. The first-order valence-corrected chi connectivity index (χ1v) is 6.26. The van der Waals surface area contributed by atoms with Crippen molar-refractivity contribution in [3.8, 4) is 0 Å². The molecule has 0 unspecified atom stereocenters. The Bertz CT molecular complexity index is 552. The van der Waals surface area contributed by atoms with Crippen LogP contribution in [0.5, 0.6) is 0 Å². The number of aryl methyl sites for hydroxylation is 1. The van der Waals surface area contributed by atoms with Crippen molar-refractivity contribution >= 4 is 23.0 Å². The van der Waals surface area contributed by atoms with Gasteiger partial charge in [-0.2, -0.15) is 0 Å². The van der Waals surface area contributed by atoms with Gasteiger partial charge in [0.15, 0.2) is 0 Å². The van der Waals surface area contributed by atoms with Crippen LogP contribution < -0.4 is 10.6 Å². The number of nitrogen functional groups attached to an aromatic ring is 1. The number of halogens is 1. The number of hydrogen-bond acceptors (Lipinski definition) is 2. The summed E-state index contributed by atoms with van der Waals surface area (Å²) in [5, 5.41) is 0.717. The summed E-state index contributed by atoms with van der Waals surface area (Å²) in [5.41, 5.74) is 9.90. The summed E-state index contributed by atoms with van der Waals surface area (Å²) in [6, 6.07) is 14.1. The smallest absolute Gasteiger partial charge is 0.0476 e. The molecule has 2 N–H and O–H groups in total. The highest BCUT2D eigenvalue weighted by atomic mass is 35.5. The largest absolute Gasteiger partial charge is 0.399 e. The molecule has 2 aromatic carbocycles. The van der Waals surface area contributed by atoms with E-state index in [2.05, 4.69) is 43.1 Å². The lowest BCUT2D eigenvalue weighted by Gasteiger charge is -2.20. The molecule has 0 fully saturated rings. The highest BCUT2D eigenvalue weighted by Gasteiger charge is 2.06. The zero-order chi connectivity index (χ0) is 13.1. The van der Waals surface area contributed by atoms with Gasteiger partial charge in [0.2, 0.25) is 0 Å².